The molecule has 0 aliphatic rings. The molecule has 0 atom stereocenters. The summed E-state index contributed by atoms with van der Waals surface area (Å²) in [6.07, 6.45) is 0. The molecule has 0 bridgehead atoms. The maximum Gasteiger partial charge on any atom is 0.326 e. The van der Waals surface area contributed by atoms with Crippen LogP contribution in [0, 0.1) is 6.92 Å². The van der Waals surface area contributed by atoms with Gasteiger partial charge < -0.3 is 14.2 Å². The lowest BCUT2D eigenvalue weighted by Crippen LogP contribution is -2.22. The molecule has 3 aromatic rings. The van der Waals surface area contributed by atoms with Gasteiger partial charge in [0, 0.05) is 22.0 Å². The molecule has 0 aliphatic heterocycles. The molecular weight excluding hydrogens is 388 g/mol. The molecule has 9 heteroatoms. The fourth-order valence-corrected chi connectivity index (χ4v) is 3.94. The van der Waals surface area contributed by atoms with Gasteiger partial charge in [-0.3, -0.25) is 14.2 Å². The van der Waals surface area contributed by atoms with Crippen molar-refractivity contribution >= 4 is 28.6 Å². The van der Waals surface area contributed by atoms with Crippen molar-refractivity contribution < 1.29 is 19.0 Å². The third-order valence-electron chi connectivity index (χ3n) is 3.83. The topological polar surface area (TPSA) is 79.7 Å². The highest BCUT2D eigenvalue weighted by Gasteiger charge is 2.13. The maximum atomic E-state index is 12.0. The second kappa shape index (κ2) is 8.36. The van der Waals surface area contributed by atoms with Crippen LogP contribution in [-0.4, -0.2) is 29.7 Å². The predicted molar refractivity (Wildman–Crippen MR) is 104 cm³/mol. The van der Waals surface area contributed by atoms with E-state index >= 15 is 0 Å². The van der Waals surface area contributed by atoms with E-state index < -0.39 is 5.97 Å². The van der Waals surface area contributed by atoms with Gasteiger partial charge in [-0.1, -0.05) is 11.3 Å². The van der Waals surface area contributed by atoms with Gasteiger partial charge in [-0.2, -0.15) is 0 Å². The zero-order chi connectivity index (χ0) is 19.4. The van der Waals surface area contributed by atoms with E-state index in [-0.39, 0.29) is 18.0 Å². The summed E-state index contributed by atoms with van der Waals surface area (Å²) >= 11 is 2.51. The lowest BCUT2D eigenvalue weighted by Gasteiger charge is -2.08. The van der Waals surface area contributed by atoms with Gasteiger partial charge in [-0.15, -0.1) is 11.3 Å². The molecule has 0 amide bonds. The van der Waals surface area contributed by atoms with Gasteiger partial charge in [0.2, 0.25) is 0 Å². The molecule has 0 saturated heterocycles. The van der Waals surface area contributed by atoms with E-state index in [1.807, 2.05) is 23.6 Å². The number of aryl methyl sites for hydroxylation is 1. The molecule has 0 aliphatic carbocycles. The van der Waals surface area contributed by atoms with E-state index in [4.69, 9.17) is 14.2 Å². The Labute approximate surface area is 163 Å². The largest absolute Gasteiger partial charge is 0.493 e. The highest BCUT2D eigenvalue weighted by Crippen LogP contribution is 2.33. The molecule has 0 N–H and O–H groups in total. The lowest BCUT2D eigenvalue weighted by atomic mass is 10.2. The minimum Gasteiger partial charge on any atom is -0.493 e. The van der Waals surface area contributed by atoms with Gasteiger partial charge in [-0.25, -0.2) is 4.98 Å². The molecule has 142 valence electrons. The second-order valence-corrected chi connectivity index (χ2v) is 7.28. The number of rotatable bonds is 7. The number of benzene rings is 1. The molecular formula is C18H18N2O5S2. The number of aromatic nitrogens is 2. The third-order valence-corrected chi connectivity index (χ3v) is 5.65. The first kappa shape index (κ1) is 19.1. The normalized spacial score (nSPS) is 10.6. The summed E-state index contributed by atoms with van der Waals surface area (Å²) in [5.74, 6) is 0.792. The Balaban J connectivity index is 1.64. The van der Waals surface area contributed by atoms with Crippen LogP contribution in [-0.2, 0) is 22.7 Å². The van der Waals surface area contributed by atoms with E-state index in [0.717, 1.165) is 27.6 Å². The van der Waals surface area contributed by atoms with Crippen LogP contribution >= 0.6 is 22.7 Å². The van der Waals surface area contributed by atoms with Crippen molar-refractivity contribution in [3.63, 3.8) is 0 Å². The van der Waals surface area contributed by atoms with Gasteiger partial charge in [0.1, 0.15) is 18.2 Å². The number of methoxy groups -OCH3 is 2. The van der Waals surface area contributed by atoms with Crippen LogP contribution in [0.3, 0.4) is 0 Å². The molecule has 0 radical (unpaired) electrons. The monoisotopic (exact) mass is 406 g/mol. The second-order valence-electron chi connectivity index (χ2n) is 5.60. The highest BCUT2D eigenvalue weighted by molar-refractivity contribution is 7.13. The van der Waals surface area contributed by atoms with Gasteiger partial charge in [-0.05, 0) is 25.1 Å². The fraction of sp³-hybridized carbons (Fsp3) is 0.278. The van der Waals surface area contributed by atoms with E-state index in [9.17, 15) is 9.59 Å². The van der Waals surface area contributed by atoms with Crippen molar-refractivity contribution in [1.82, 2.24) is 9.55 Å². The smallest absolute Gasteiger partial charge is 0.326 e. The van der Waals surface area contributed by atoms with Crippen molar-refractivity contribution in [2.45, 2.75) is 20.1 Å². The first-order valence-electron chi connectivity index (χ1n) is 7.99. The number of carbonyl (C=O) groups excluding carboxylic acids is 1. The number of esters is 1. The molecule has 0 fully saturated rings. The van der Waals surface area contributed by atoms with Crippen LogP contribution in [0.5, 0.6) is 11.5 Å². The van der Waals surface area contributed by atoms with Crippen molar-refractivity contribution in [2.75, 3.05) is 14.2 Å². The molecule has 3 rings (SSSR count). The summed E-state index contributed by atoms with van der Waals surface area (Å²) in [6.45, 7) is 1.74. The summed E-state index contributed by atoms with van der Waals surface area (Å²) in [7, 11) is 3.16. The highest BCUT2D eigenvalue weighted by atomic mass is 32.1. The Hall–Kier alpha value is -2.65. The number of hydrogen-bond acceptors (Lipinski definition) is 8. The molecule has 27 heavy (non-hydrogen) atoms. The van der Waals surface area contributed by atoms with E-state index in [1.165, 1.54) is 15.9 Å². The zero-order valence-electron chi connectivity index (χ0n) is 15.1. The summed E-state index contributed by atoms with van der Waals surface area (Å²) in [6, 6.07) is 5.55. The molecule has 2 heterocycles. The molecule has 0 unspecified atom stereocenters. The van der Waals surface area contributed by atoms with Crippen LogP contribution in [0.15, 0.2) is 33.8 Å². The van der Waals surface area contributed by atoms with Gasteiger partial charge in [0.25, 0.3) is 0 Å². The summed E-state index contributed by atoms with van der Waals surface area (Å²) in [5.41, 5.74) is 2.27. The van der Waals surface area contributed by atoms with Gasteiger partial charge >= 0.3 is 10.8 Å². The quantitative estimate of drug-likeness (QED) is 0.561. The predicted octanol–water partition coefficient (Wildman–Crippen LogP) is 3.10. The van der Waals surface area contributed by atoms with Crippen LogP contribution < -0.4 is 14.3 Å². The standard InChI is InChI=1S/C18H18N2O5S2/c1-11-9-27-18(22)20(11)7-16(21)25-8-13-10-26-17(19-13)12-4-5-14(23-2)15(6-12)24-3/h4-6,9-10H,7-8H2,1-3H3. The van der Waals surface area contributed by atoms with Crippen LogP contribution in [0.25, 0.3) is 10.6 Å². The molecule has 7 nitrogen and oxygen atoms in total. The van der Waals surface area contributed by atoms with E-state index in [1.54, 1.807) is 26.5 Å². The third kappa shape index (κ3) is 4.37. The molecule has 0 saturated carbocycles. The van der Waals surface area contributed by atoms with E-state index in [2.05, 4.69) is 4.98 Å². The number of thiazole rings is 2. The van der Waals surface area contributed by atoms with Crippen molar-refractivity contribution in [1.29, 1.82) is 0 Å². The van der Waals surface area contributed by atoms with Gasteiger partial charge in [0.15, 0.2) is 11.5 Å². The summed E-state index contributed by atoms with van der Waals surface area (Å²) in [5, 5.41) is 4.33. The summed E-state index contributed by atoms with van der Waals surface area (Å²) in [4.78, 5) is 28.0. The Bertz CT molecular complexity index is 1010. The summed E-state index contributed by atoms with van der Waals surface area (Å²) < 4.78 is 17.2. The Morgan fingerprint density at radius 2 is 1.93 bits per heavy atom. The zero-order valence-corrected chi connectivity index (χ0v) is 16.7. The van der Waals surface area contributed by atoms with Crippen LogP contribution in [0.4, 0.5) is 0 Å². The van der Waals surface area contributed by atoms with Gasteiger partial charge in [0.05, 0.1) is 19.9 Å². The van der Waals surface area contributed by atoms with Crippen molar-refractivity contribution in [3.8, 4) is 22.1 Å². The first-order chi connectivity index (χ1) is 13.0. The SMILES string of the molecule is COc1ccc(-c2nc(COC(=O)Cn3c(C)csc3=O)cs2)cc1OC. The van der Waals surface area contributed by atoms with Crippen LogP contribution in [0.2, 0.25) is 0 Å². The minimum absolute atomic E-state index is 0.0561. The Morgan fingerprint density at radius 3 is 2.59 bits per heavy atom. The number of carbonyl (C=O) groups is 1. The number of nitrogens with zero attached hydrogens (tertiary/aromatic N) is 2. The Kier molecular flexibility index (Phi) is 5.92. The maximum absolute atomic E-state index is 12.0. The Morgan fingerprint density at radius 1 is 1.15 bits per heavy atom. The van der Waals surface area contributed by atoms with E-state index in [0.29, 0.717) is 17.2 Å². The van der Waals surface area contributed by atoms with Crippen molar-refractivity contribution in [3.05, 3.63) is 50.0 Å². The van der Waals surface area contributed by atoms with Crippen LogP contribution in [0.1, 0.15) is 11.4 Å². The fourth-order valence-electron chi connectivity index (χ4n) is 2.40. The van der Waals surface area contributed by atoms with Crippen molar-refractivity contribution in [2.24, 2.45) is 0 Å². The average molecular weight is 406 g/mol. The number of ether oxygens (including phenoxy) is 3. The molecule has 2 aromatic heterocycles. The molecule has 1 aromatic carbocycles. The minimum atomic E-state index is -0.473. The lowest BCUT2D eigenvalue weighted by molar-refractivity contribution is -0.145. The number of hydrogen-bond donors (Lipinski definition) is 0. The molecule has 0 spiro atoms. The first-order valence-corrected chi connectivity index (χ1v) is 9.75. The average Bonchev–Trinajstić information content (AvgIpc) is 3.28.